The molecule has 0 aliphatic carbocycles. The highest BCUT2D eigenvalue weighted by Gasteiger charge is 2.57. The molecule has 3 aromatic rings. The number of esters is 1. The highest BCUT2D eigenvalue weighted by atomic mass is 127. The van der Waals surface area contributed by atoms with Gasteiger partial charge in [-0.2, -0.15) is 0 Å². The predicted molar refractivity (Wildman–Crippen MR) is 149 cm³/mol. The Morgan fingerprint density at radius 1 is 0.839 bits per heavy atom. The van der Waals surface area contributed by atoms with Crippen molar-refractivity contribution >= 4 is 120 Å². The number of ether oxygens (including phenoxy) is 2. The van der Waals surface area contributed by atoms with Crippen molar-refractivity contribution in [2.24, 2.45) is 0 Å². The standard InChI is InChI=1S/C20H6Cl2I4O5/c21-7-1-2-8(22)12-11(7)19(29)31-20(12)5-3-9(23)15(27)13(25)17(5)30-18-6(20)4-10(24)16(28)14(18)26/h1-4,27-28H. The second-order valence-corrected chi connectivity index (χ2v) is 12.0. The van der Waals surface area contributed by atoms with Crippen LogP contribution in [0.3, 0.4) is 0 Å². The second-order valence-electron chi connectivity index (χ2n) is 6.75. The lowest BCUT2D eigenvalue weighted by molar-refractivity contribution is 0.0223. The first-order valence-corrected chi connectivity index (χ1v) is 13.5. The van der Waals surface area contributed by atoms with Gasteiger partial charge < -0.3 is 19.7 Å². The number of phenols is 2. The first-order valence-electron chi connectivity index (χ1n) is 8.42. The van der Waals surface area contributed by atoms with Crippen molar-refractivity contribution in [1.29, 1.82) is 0 Å². The van der Waals surface area contributed by atoms with Crippen LogP contribution in [0.25, 0.3) is 0 Å². The summed E-state index contributed by atoms with van der Waals surface area (Å²) in [6.07, 6.45) is 0. The zero-order chi connectivity index (χ0) is 22.4. The van der Waals surface area contributed by atoms with Crippen LogP contribution in [0.5, 0.6) is 23.0 Å². The Morgan fingerprint density at radius 3 is 1.84 bits per heavy atom. The fraction of sp³-hybridized carbons (Fsp3) is 0.0500. The van der Waals surface area contributed by atoms with E-state index in [0.29, 0.717) is 47.5 Å². The molecule has 5 nitrogen and oxygen atoms in total. The minimum atomic E-state index is -1.46. The molecule has 2 aliphatic heterocycles. The average Bonchev–Trinajstić information content (AvgIpc) is 3.04. The number of benzene rings is 3. The molecule has 0 amide bonds. The number of hydrogen-bond donors (Lipinski definition) is 2. The lowest BCUT2D eigenvalue weighted by Crippen LogP contribution is -2.34. The zero-order valence-electron chi connectivity index (χ0n) is 14.7. The summed E-state index contributed by atoms with van der Waals surface area (Å²) in [7, 11) is 0. The van der Waals surface area contributed by atoms with E-state index in [-0.39, 0.29) is 22.1 Å². The maximum absolute atomic E-state index is 13.1. The van der Waals surface area contributed by atoms with Crippen LogP contribution >= 0.6 is 114 Å². The molecule has 0 unspecified atom stereocenters. The van der Waals surface area contributed by atoms with Gasteiger partial charge in [0.15, 0.2) is 17.1 Å². The molecular weight excluding hydrogens is 899 g/mol. The van der Waals surface area contributed by atoms with Crippen molar-refractivity contribution in [3.05, 3.63) is 70.8 Å². The molecule has 0 bridgehead atoms. The van der Waals surface area contributed by atoms with E-state index < -0.39 is 11.6 Å². The molecule has 11 heteroatoms. The minimum Gasteiger partial charge on any atom is -0.506 e. The first-order chi connectivity index (χ1) is 14.6. The Morgan fingerprint density at radius 2 is 1.32 bits per heavy atom. The Labute approximate surface area is 240 Å². The van der Waals surface area contributed by atoms with E-state index in [4.69, 9.17) is 32.7 Å². The highest BCUT2D eigenvalue weighted by molar-refractivity contribution is 14.1. The summed E-state index contributed by atoms with van der Waals surface area (Å²) < 4.78 is 14.3. The molecule has 0 radical (unpaired) electrons. The second kappa shape index (κ2) is 7.78. The van der Waals surface area contributed by atoms with Crippen LogP contribution in [0.4, 0.5) is 0 Å². The number of rotatable bonds is 0. The molecule has 0 saturated heterocycles. The normalized spacial score (nSPS) is 15.2. The summed E-state index contributed by atoms with van der Waals surface area (Å²) in [6.45, 7) is 0. The number of fused-ring (bicyclic) bond motifs is 6. The Kier molecular flexibility index (Phi) is 5.72. The van der Waals surface area contributed by atoms with Crippen LogP contribution in [0.15, 0.2) is 24.3 Å². The number of carbonyl (C=O) groups is 1. The molecule has 2 aliphatic rings. The Balaban J connectivity index is 2.03. The number of phenolic OH excluding ortho intramolecular Hbond substituents is 2. The number of aromatic hydroxyl groups is 2. The minimum absolute atomic E-state index is 0.0463. The fourth-order valence-corrected chi connectivity index (χ4v) is 7.97. The monoisotopic (exact) mass is 904 g/mol. The van der Waals surface area contributed by atoms with Crippen LogP contribution in [0.1, 0.15) is 27.0 Å². The smallest absolute Gasteiger partial charge is 0.341 e. The van der Waals surface area contributed by atoms with Crippen LogP contribution in [-0.4, -0.2) is 16.2 Å². The topological polar surface area (TPSA) is 76.0 Å². The van der Waals surface area contributed by atoms with Gasteiger partial charge in [-0.15, -0.1) is 0 Å². The Bertz CT molecular complexity index is 1300. The van der Waals surface area contributed by atoms with Gasteiger partial charge in [-0.1, -0.05) is 23.2 Å². The maximum Gasteiger partial charge on any atom is 0.341 e. The summed E-state index contributed by atoms with van der Waals surface area (Å²) in [5.74, 6) is 0.120. The summed E-state index contributed by atoms with van der Waals surface area (Å²) in [5, 5.41) is 21.6. The molecule has 0 saturated carbocycles. The van der Waals surface area contributed by atoms with E-state index in [1.807, 2.05) is 90.4 Å². The quantitative estimate of drug-likeness (QED) is 0.182. The third-order valence-corrected chi connectivity index (χ3v) is 9.44. The van der Waals surface area contributed by atoms with Crippen molar-refractivity contribution in [3.63, 3.8) is 0 Å². The molecule has 158 valence electrons. The molecule has 1 spiro atoms. The largest absolute Gasteiger partial charge is 0.506 e. The van der Waals surface area contributed by atoms with E-state index >= 15 is 0 Å². The van der Waals surface area contributed by atoms with Gasteiger partial charge in [0.05, 0.1) is 36.0 Å². The SMILES string of the molecule is O=C1OC2(c3cc(I)c(O)c(I)c3Oc3c2cc(I)c(O)c3I)c2c(Cl)ccc(Cl)c21. The van der Waals surface area contributed by atoms with Crippen molar-refractivity contribution < 1.29 is 24.5 Å². The van der Waals surface area contributed by atoms with Gasteiger partial charge in [-0.3, -0.25) is 0 Å². The van der Waals surface area contributed by atoms with E-state index in [0.717, 1.165) is 0 Å². The Hall–Kier alpha value is 0.0300. The van der Waals surface area contributed by atoms with Gasteiger partial charge in [0.1, 0.15) is 11.5 Å². The fourth-order valence-electron chi connectivity index (χ4n) is 3.87. The van der Waals surface area contributed by atoms with Crippen LogP contribution in [0.2, 0.25) is 10.0 Å². The van der Waals surface area contributed by atoms with E-state index in [9.17, 15) is 15.0 Å². The van der Waals surface area contributed by atoms with E-state index in [2.05, 4.69) is 0 Å². The van der Waals surface area contributed by atoms with E-state index in [1.165, 1.54) is 0 Å². The summed E-state index contributed by atoms with van der Waals surface area (Å²) in [4.78, 5) is 13.1. The van der Waals surface area contributed by atoms with E-state index in [1.54, 1.807) is 24.3 Å². The summed E-state index contributed by atoms with van der Waals surface area (Å²) in [6, 6.07) is 6.60. The van der Waals surface area contributed by atoms with Gasteiger partial charge in [0.2, 0.25) is 0 Å². The summed E-state index contributed by atoms with van der Waals surface area (Å²) in [5.41, 5.74) is 0.162. The van der Waals surface area contributed by atoms with Gasteiger partial charge >= 0.3 is 5.97 Å². The number of carbonyl (C=O) groups excluding carboxylic acids is 1. The third-order valence-electron chi connectivity index (χ3n) is 5.17. The third kappa shape index (κ3) is 3.04. The van der Waals surface area contributed by atoms with Crippen LogP contribution in [0, 0.1) is 14.3 Å². The lowest BCUT2D eigenvalue weighted by Gasteiger charge is -2.38. The lowest BCUT2D eigenvalue weighted by atomic mass is 9.77. The number of hydrogen-bond acceptors (Lipinski definition) is 5. The zero-order valence-corrected chi connectivity index (χ0v) is 24.8. The molecule has 3 aromatic carbocycles. The van der Waals surface area contributed by atoms with Crippen LogP contribution in [-0.2, 0) is 10.3 Å². The summed E-state index contributed by atoms with van der Waals surface area (Å²) >= 11 is 21.0. The van der Waals surface area contributed by atoms with Crippen molar-refractivity contribution in [2.45, 2.75) is 5.60 Å². The van der Waals surface area contributed by atoms with Crippen LogP contribution < -0.4 is 4.74 Å². The molecular formula is C20H6Cl2I4O5. The van der Waals surface area contributed by atoms with Crippen molar-refractivity contribution in [1.82, 2.24) is 0 Å². The first kappa shape index (κ1) is 22.8. The molecule has 2 N–H and O–H groups in total. The van der Waals surface area contributed by atoms with Crippen molar-refractivity contribution in [3.8, 4) is 23.0 Å². The molecule has 31 heavy (non-hydrogen) atoms. The van der Waals surface area contributed by atoms with Gasteiger partial charge in [0, 0.05) is 10.6 Å². The van der Waals surface area contributed by atoms with Gasteiger partial charge in [-0.05, 0) is 115 Å². The molecule has 2 heterocycles. The van der Waals surface area contributed by atoms with Crippen molar-refractivity contribution in [2.75, 3.05) is 0 Å². The number of halogens is 6. The maximum atomic E-state index is 13.1. The van der Waals surface area contributed by atoms with Gasteiger partial charge in [-0.25, -0.2) is 4.79 Å². The molecule has 0 aromatic heterocycles. The molecule has 0 atom stereocenters. The average molecular weight is 905 g/mol. The highest BCUT2D eigenvalue weighted by Crippen LogP contribution is 2.62. The predicted octanol–water partition coefficient (Wildman–Crippen LogP) is 7.39. The van der Waals surface area contributed by atoms with Gasteiger partial charge in [0.25, 0.3) is 0 Å². The molecule has 0 fully saturated rings. The molecule has 5 rings (SSSR count).